The average Bonchev–Trinajstić information content (AvgIpc) is 3.47. The number of aromatic nitrogens is 3. The maximum absolute atomic E-state index is 9.38. The monoisotopic (exact) mass is 425 g/mol. The number of hydrogen-bond donors (Lipinski definition) is 2. The van der Waals surface area contributed by atoms with Gasteiger partial charge in [0.1, 0.15) is 5.76 Å². The minimum atomic E-state index is -0.204. The molecule has 0 fully saturated rings. The van der Waals surface area contributed by atoms with Crippen LogP contribution in [0.15, 0.2) is 65.3 Å². The highest BCUT2D eigenvalue weighted by atomic mass is 16.5. The van der Waals surface area contributed by atoms with Crippen LogP contribution in [0.2, 0.25) is 0 Å². The Morgan fingerprint density at radius 3 is 2.88 bits per heavy atom. The maximum Gasteiger partial charge on any atom is 0.143 e. The fraction of sp³-hybridized carbons (Fsp3) is 0.333. The molecular formula is C27H27N3O2. The predicted octanol–water partition coefficient (Wildman–Crippen LogP) is 4.81. The molecule has 2 aromatic heterocycles. The second-order valence-corrected chi connectivity index (χ2v) is 9.26. The summed E-state index contributed by atoms with van der Waals surface area (Å²) in [7, 11) is 0. The van der Waals surface area contributed by atoms with E-state index >= 15 is 0 Å². The van der Waals surface area contributed by atoms with Crippen molar-refractivity contribution >= 4 is 0 Å². The first-order valence-electron chi connectivity index (χ1n) is 11.5. The molecule has 32 heavy (non-hydrogen) atoms. The molecule has 2 heterocycles. The molecule has 6 rings (SSSR count). The SMILES string of the molecule is C[C@@H]1c2oncc2C[C@]2(c3ccccc3)c3n[nH]c(-c4cccc(CCO)c4)c3CC[C@@H]12. The second-order valence-electron chi connectivity index (χ2n) is 9.26. The number of H-pyrrole nitrogens is 1. The van der Waals surface area contributed by atoms with Crippen molar-refractivity contribution in [2.75, 3.05) is 6.61 Å². The lowest BCUT2D eigenvalue weighted by Crippen LogP contribution is -2.47. The first-order valence-corrected chi connectivity index (χ1v) is 11.5. The van der Waals surface area contributed by atoms with Crippen LogP contribution in [-0.2, 0) is 24.7 Å². The van der Waals surface area contributed by atoms with Crippen LogP contribution in [0, 0.1) is 5.92 Å². The van der Waals surface area contributed by atoms with Crippen LogP contribution in [0.4, 0.5) is 0 Å². The Morgan fingerprint density at radius 2 is 2.03 bits per heavy atom. The van der Waals surface area contributed by atoms with Gasteiger partial charge in [0, 0.05) is 34.6 Å². The Morgan fingerprint density at radius 1 is 1.16 bits per heavy atom. The van der Waals surface area contributed by atoms with Gasteiger partial charge in [-0.05, 0) is 48.8 Å². The van der Waals surface area contributed by atoms with E-state index in [1.54, 1.807) is 0 Å². The van der Waals surface area contributed by atoms with E-state index in [4.69, 9.17) is 9.62 Å². The number of aliphatic hydroxyl groups is 1. The second kappa shape index (κ2) is 7.45. The zero-order chi connectivity index (χ0) is 21.7. The summed E-state index contributed by atoms with van der Waals surface area (Å²) >= 11 is 0. The molecule has 2 aliphatic rings. The number of aliphatic hydroxyl groups excluding tert-OH is 1. The van der Waals surface area contributed by atoms with Crippen molar-refractivity contribution in [3.63, 3.8) is 0 Å². The maximum atomic E-state index is 9.38. The molecule has 0 radical (unpaired) electrons. The van der Waals surface area contributed by atoms with E-state index in [2.05, 4.69) is 71.8 Å². The van der Waals surface area contributed by atoms with Gasteiger partial charge < -0.3 is 9.63 Å². The number of nitrogens with zero attached hydrogens (tertiary/aromatic N) is 2. The summed E-state index contributed by atoms with van der Waals surface area (Å²) in [5, 5.41) is 21.9. The fourth-order valence-corrected chi connectivity index (χ4v) is 6.29. The molecule has 0 bridgehead atoms. The van der Waals surface area contributed by atoms with E-state index in [1.807, 2.05) is 6.20 Å². The third-order valence-electron chi connectivity index (χ3n) is 7.70. The molecular weight excluding hydrogens is 398 g/mol. The van der Waals surface area contributed by atoms with Gasteiger partial charge in [-0.3, -0.25) is 5.10 Å². The molecule has 162 valence electrons. The van der Waals surface area contributed by atoms with Crippen LogP contribution in [-0.4, -0.2) is 27.1 Å². The molecule has 0 amide bonds. The molecule has 3 atom stereocenters. The lowest BCUT2D eigenvalue weighted by atomic mass is 9.53. The first kappa shape index (κ1) is 19.5. The van der Waals surface area contributed by atoms with Crippen LogP contribution in [0.1, 0.15) is 53.0 Å². The van der Waals surface area contributed by atoms with E-state index in [9.17, 15) is 5.11 Å². The molecule has 2 aromatic carbocycles. The van der Waals surface area contributed by atoms with Crippen LogP contribution in [0.5, 0.6) is 0 Å². The van der Waals surface area contributed by atoms with E-state index < -0.39 is 0 Å². The van der Waals surface area contributed by atoms with Gasteiger partial charge in [-0.15, -0.1) is 0 Å². The van der Waals surface area contributed by atoms with Gasteiger partial charge in [0.05, 0.1) is 17.6 Å². The number of benzene rings is 2. The minimum Gasteiger partial charge on any atom is -0.396 e. The van der Waals surface area contributed by atoms with E-state index in [1.165, 1.54) is 22.4 Å². The molecule has 0 unspecified atom stereocenters. The van der Waals surface area contributed by atoms with E-state index in [-0.39, 0.29) is 17.9 Å². The summed E-state index contributed by atoms with van der Waals surface area (Å²) in [5.74, 6) is 1.72. The fourth-order valence-electron chi connectivity index (χ4n) is 6.29. The quantitative estimate of drug-likeness (QED) is 0.492. The Balaban J connectivity index is 1.55. The van der Waals surface area contributed by atoms with Crippen molar-refractivity contribution in [2.24, 2.45) is 5.92 Å². The largest absolute Gasteiger partial charge is 0.396 e. The summed E-state index contributed by atoms with van der Waals surface area (Å²) in [6, 6.07) is 19.3. The number of aromatic amines is 1. The molecule has 5 nitrogen and oxygen atoms in total. The standard InChI is InChI=1S/C27H27N3O2/c1-17-23-11-10-22-24(19-7-5-6-18(14-19)12-13-31)29-30-26(22)27(23,21-8-3-2-4-9-21)15-20-16-28-32-25(17)20/h2-9,14,16-17,23,31H,10-13,15H2,1H3,(H,29,30)/t17-,23-,27+/m0/s1. The first-order chi connectivity index (χ1) is 15.7. The van der Waals surface area contributed by atoms with Gasteiger partial charge >= 0.3 is 0 Å². The van der Waals surface area contributed by atoms with Crippen molar-refractivity contribution in [3.8, 4) is 11.3 Å². The summed E-state index contributed by atoms with van der Waals surface area (Å²) in [4.78, 5) is 0. The van der Waals surface area contributed by atoms with Gasteiger partial charge in [0.25, 0.3) is 0 Å². The Bertz CT molecular complexity index is 1260. The normalized spacial score (nSPS) is 23.9. The topological polar surface area (TPSA) is 74.9 Å². The molecule has 0 saturated heterocycles. The molecule has 4 aromatic rings. The number of rotatable bonds is 4. The van der Waals surface area contributed by atoms with Crippen molar-refractivity contribution in [1.82, 2.24) is 15.4 Å². The lowest BCUT2D eigenvalue weighted by molar-refractivity contribution is 0.190. The van der Waals surface area contributed by atoms with Crippen molar-refractivity contribution in [1.29, 1.82) is 0 Å². The molecule has 0 aliphatic heterocycles. The lowest BCUT2D eigenvalue weighted by Gasteiger charge is -2.48. The molecule has 2 aliphatic carbocycles. The van der Waals surface area contributed by atoms with Gasteiger partial charge in [-0.2, -0.15) is 5.10 Å². The Hall–Kier alpha value is -3.18. The average molecular weight is 426 g/mol. The summed E-state index contributed by atoms with van der Waals surface area (Å²) in [6.07, 6.45) is 5.47. The number of hydrogen-bond acceptors (Lipinski definition) is 4. The van der Waals surface area contributed by atoms with Crippen LogP contribution < -0.4 is 0 Å². The smallest absolute Gasteiger partial charge is 0.143 e. The Labute approximate surface area is 187 Å². The van der Waals surface area contributed by atoms with E-state index in [0.717, 1.165) is 41.8 Å². The molecule has 0 saturated carbocycles. The minimum absolute atomic E-state index is 0.155. The van der Waals surface area contributed by atoms with Gasteiger partial charge in [0.2, 0.25) is 0 Å². The highest BCUT2D eigenvalue weighted by molar-refractivity contribution is 5.67. The third kappa shape index (κ3) is 2.74. The highest BCUT2D eigenvalue weighted by Crippen LogP contribution is 2.57. The zero-order valence-electron chi connectivity index (χ0n) is 18.2. The number of fused-ring (bicyclic) bond motifs is 4. The number of nitrogens with one attached hydrogen (secondary N) is 1. The van der Waals surface area contributed by atoms with Gasteiger partial charge in [-0.1, -0.05) is 60.6 Å². The van der Waals surface area contributed by atoms with Crippen LogP contribution in [0.25, 0.3) is 11.3 Å². The molecule has 2 N–H and O–H groups in total. The summed E-state index contributed by atoms with van der Waals surface area (Å²) in [5.41, 5.74) is 8.18. The van der Waals surface area contributed by atoms with Crippen molar-refractivity contribution in [2.45, 2.75) is 43.9 Å². The third-order valence-corrected chi connectivity index (χ3v) is 7.70. The van der Waals surface area contributed by atoms with Crippen molar-refractivity contribution < 1.29 is 9.63 Å². The molecule has 5 heteroatoms. The summed E-state index contributed by atoms with van der Waals surface area (Å²) in [6.45, 7) is 2.44. The van der Waals surface area contributed by atoms with E-state index in [0.29, 0.717) is 12.3 Å². The Kier molecular flexibility index (Phi) is 4.54. The van der Waals surface area contributed by atoms with Crippen molar-refractivity contribution in [3.05, 3.63) is 94.5 Å². The predicted molar refractivity (Wildman–Crippen MR) is 122 cm³/mol. The highest BCUT2D eigenvalue weighted by Gasteiger charge is 2.54. The van der Waals surface area contributed by atoms with Crippen LogP contribution in [0.3, 0.4) is 0 Å². The van der Waals surface area contributed by atoms with Gasteiger partial charge in [0.15, 0.2) is 0 Å². The molecule has 0 spiro atoms. The van der Waals surface area contributed by atoms with Crippen LogP contribution >= 0.6 is 0 Å². The summed E-state index contributed by atoms with van der Waals surface area (Å²) < 4.78 is 5.70. The van der Waals surface area contributed by atoms with Gasteiger partial charge in [-0.25, -0.2) is 0 Å². The zero-order valence-corrected chi connectivity index (χ0v) is 18.2.